The van der Waals surface area contributed by atoms with Gasteiger partial charge in [-0.15, -0.1) is 0 Å². The van der Waals surface area contributed by atoms with E-state index in [2.05, 4.69) is 13.0 Å². The monoisotopic (exact) mass is 374 g/mol. The van der Waals surface area contributed by atoms with Gasteiger partial charge in [0.2, 0.25) is 0 Å². The highest BCUT2D eigenvalue weighted by Crippen LogP contribution is 2.58. The number of hydrogen-bond donors (Lipinski definition) is 1. The molecule has 1 N–H and O–H groups in total. The van der Waals surface area contributed by atoms with E-state index in [1.807, 2.05) is 30.3 Å². The molecule has 0 spiro atoms. The average Bonchev–Trinajstić information content (AvgIpc) is 3.03. The van der Waals surface area contributed by atoms with Crippen molar-refractivity contribution < 1.29 is 14.6 Å². The molecule has 3 aliphatic rings. The summed E-state index contributed by atoms with van der Waals surface area (Å²) < 4.78 is 5.61. The van der Waals surface area contributed by atoms with Gasteiger partial charge in [-0.2, -0.15) is 0 Å². The molecule has 3 nitrogen and oxygen atoms in total. The lowest BCUT2D eigenvalue weighted by Crippen LogP contribution is -2.37. The molecule has 2 aromatic rings. The van der Waals surface area contributed by atoms with Crippen LogP contribution in [-0.4, -0.2) is 17.2 Å². The van der Waals surface area contributed by atoms with Crippen LogP contribution in [0.1, 0.15) is 60.5 Å². The largest absolute Gasteiger partial charge is 0.423 e. The van der Waals surface area contributed by atoms with Gasteiger partial charge in [-0.05, 0) is 85.4 Å². The van der Waals surface area contributed by atoms with Crippen LogP contribution >= 0.6 is 0 Å². The van der Waals surface area contributed by atoms with Gasteiger partial charge in [0.15, 0.2) is 0 Å². The van der Waals surface area contributed by atoms with Crippen LogP contribution in [0.2, 0.25) is 0 Å². The number of carbonyl (C=O) groups excluding carboxylic acids is 1. The van der Waals surface area contributed by atoms with Crippen molar-refractivity contribution in [2.75, 3.05) is 0 Å². The highest BCUT2D eigenvalue weighted by Gasteiger charge is 2.50. The smallest absolute Gasteiger partial charge is 0.343 e. The fourth-order valence-electron chi connectivity index (χ4n) is 5.67. The third-order valence-corrected chi connectivity index (χ3v) is 7.29. The van der Waals surface area contributed by atoms with Crippen LogP contribution in [0.3, 0.4) is 0 Å². The Labute approximate surface area is 166 Å². The second-order valence-corrected chi connectivity index (χ2v) is 8.73. The summed E-state index contributed by atoms with van der Waals surface area (Å²) in [6.07, 6.45) is 6.02. The molecule has 144 valence electrons. The Morgan fingerprint density at radius 3 is 2.71 bits per heavy atom. The number of aliphatic hydroxyl groups is 1. The normalized spacial score (nSPS) is 28.4. The summed E-state index contributed by atoms with van der Waals surface area (Å²) in [5, 5.41) is 10.5. The summed E-state index contributed by atoms with van der Waals surface area (Å²) in [6, 6.07) is 15.2. The third-order valence-electron chi connectivity index (χ3n) is 7.29. The van der Waals surface area contributed by atoms with E-state index >= 15 is 0 Å². The SMILES string of the molecule is C[C@]12CCC3=C(CCc4cc(OC(=O)c5ccccc5)ccc43)[C@@H]1CCC2O. The van der Waals surface area contributed by atoms with Gasteiger partial charge in [0.1, 0.15) is 5.75 Å². The molecule has 1 fully saturated rings. The van der Waals surface area contributed by atoms with Crippen LogP contribution in [-0.2, 0) is 6.42 Å². The molecule has 0 aromatic heterocycles. The summed E-state index contributed by atoms with van der Waals surface area (Å²) in [6.45, 7) is 2.28. The Hall–Kier alpha value is -2.39. The Kier molecular flexibility index (Phi) is 4.17. The van der Waals surface area contributed by atoms with Crippen molar-refractivity contribution in [1.82, 2.24) is 0 Å². The molecule has 0 saturated heterocycles. The number of carbonyl (C=O) groups is 1. The van der Waals surface area contributed by atoms with Gasteiger partial charge in [0.05, 0.1) is 11.7 Å². The second-order valence-electron chi connectivity index (χ2n) is 8.73. The lowest BCUT2D eigenvalue weighted by atomic mass is 9.62. The van der Waals surface area contributed by atoms with Crippen LogP contribution < -0.4 is 4.74 Å². The van der Waals surface area contributed by atoms with Gasteiger partial charge in [-0.25, -0.2) is 4.79 Å². The summed E-state index contributed by atoms with van der Waals surface area (Å²) in [7, 11) is 0. The molecule has 0 radical (unpaired) electrons. The maximum absolute atomic E-state index is 12.3. The minimum atomic E-state index is -0.315. The maximum atomic E-state index is 12.3. The van der Waals surface area contributed by atoms with Crippen molar-refractivity contribution in [1.29, 1.82) is 0 Å². The molecule has 5 rings (SSSR count). The number of aliphatic hydroxyl groups excluding tert-OH is 1. The standard InChI is InChI=1S/C25H26O3/c1-25-14-13-20-19-10-8-18(28-24(27)16-5-3-2-4-6-16)15-17(19)7-9-21(20)22(25)11-12-23(25)26/h2-6,8,10,15,22-23,26H,7,9,11-14H2,1H3/t22-,23?,25-/m0/s1. The first kappa shape index (κ1) is 17.7. The van der Waals surface area contributed by atoms with E-state index in [0.29, 0.717) is 17.2 Å². The number of benzene rings is 2. The molecule has 0 heterocycles. The van der Waals surface area contributed by atoms with E-state index in [4.69, 9.17) is 4.74 Å². The fraction of sp³-hybridized carbons (Fsp3) is 0.400. The van der Waals surface area contributed by atoms with Gasteiger partial charge in [-0.1, -0.05) is 36.8 Å². The summed E-state index contributed by atoms with van der Waals surface area (Å²) in [4.78, 5) is 12.3. The van der Waals surface area contributed by atoms with Gasteiger partial charge in [0, 0.05) is 5.41 Å². The van der Waals surface area contributed by atoms with Crippen molar-refractivity contribution >= 4 is 11.5 Å². The molecule has 3 heteroatoms. The number of hydrogen-bond acceptors (Lipinski definition) is 3. The van der Waals surface area contributed by atoms with Gasteiger partial charge in [0.25, 0.3) is 0 Å². The zero-order chi connectivity index (χ0) is 19.3. The van der Waals surface area contributed by atoms with Crippen molar-refractivity contribution in [3.05, 3.63) is 70.8 Å². The quantitative estimate of drug-likeness (QED) is 0.582. The zero-order valence-electron chi connectivity index (χ0n) is 16.3. The van der Waals surface area contributed by atoms with E-state index < -0.39 is 0 Å². The summed E-state index contributed by atoms with van der Waals surface area (Å²) >= 11 is 0. The van der Waals surface area contributed by atoms with E-state index in [1.165, 1.54) is 16.7 Å². The summed E-state index contributed by atoms with van der Waals surface area (Å²) in [5.41, 5.74) is 6.28. The topological polar surface area (TPSA) is 46.5 Å². The van der Waals surface area contributed by atoms with Crippen LogP contribution in [0.5, 0.6) is 5.75 Å². The molecule has 0 aliphatic heterocycles. The lowest BCUT2D eigenvalue weighted by molar-refractivity contribution is 0.0379. The van der Waals surface area contributed by atoms with Crippen molar-refractivity contribution in [3.63, 3.8) is 0 Å². The molecule has 28 heavy (non-hydrogen) atoms. The molecule has 2 aromatic carbocycles. The predicted molar refractivity (Wildman–Crippen MR) is 109 cm³/mol. The molecule has 1 unspecified atom stereocenters. The Morgan fingerprint density at radius 1 is 1.07 bits per heavy atom. The molecular weight excluding hydrogens is 348 g/mol. The zero-order valence-corrected chi connectivity index (χ0v) is 16.3. The van der Waals surface area contributed by atoms with Gasteiger partial charge in [-0.3, -0.25) is 0 Å². The van der Waals surface area contributed by atoms with Crippen molar-refractivity contribution in [2.24, 2.45) is 11.3 Å². The molecule has 3 aliphatic carbocycles. The van der Waals surface area contributed by atoms with Gasteiger partial charge >= 0.3 is 5.97 Å². The van der Waals surface area contributed by atoms with Crippen LogP contribution in [0.25, 0.3) is 5.57 Å². The van der Waals surface area contributed by atoms with Gasteiger partial charge < -0.3 is 9.84 Å². The number of esters is 1. The predicted octanol–water partition coefficient (Wildman–Crippen LogP) is 5.18. The number of aryl methyl sites for hydroxylation is 1. The highest BCUT2D eigenvalue weighted by molar-refractivity contribution is 5.91. The van der Waals surface area contributed by atoms with E-state index in [-0.39, 0.29) is 17.5 Å². The van der Waals surface area contributed by atoms with Crippen LogP contribution in [0.4, 0.5) is 0 Å². The lowest BCUT2D eigenvalue weighted by Gasteiger charge is -2.43. The van der Waals surface area contributed by atoms with Crippen molar-refractivity contribution in [3.8, 4) is 5.75 Å². The van der Waals surface area contributed by atoms with Crippen molar-refractivity contribution in [2.45, 2.75) is 51.6 Å². The Morgan fingerprint density at radius 2 is 1.89 bits per heavy atom. The molecule has 0 amide bonds. The van der Waals surface area contributed by atoms with Crippen LogP contribution in [0, 0.1) is 11.3 Å². The first-order valence-electron chi connectivity index (χ1n) is 10.4. The third kappa shape index (κ3) is 2.72. The maximum Gasteiger partial charge on any atom is 0.343 e. The Balaban J connectivity index is 1.43. The van der Waals surface area contributed by atoms with E-state index in [9.17, 15) is 9.90 Å². The number of allylic oxidation sites excluding steroid dienone is 2. The molecular formula is C25H26O3. The summed E-state index contributed by atoms with van der Waals surface area (Å²) in [5.74, 6) is 0.827. The molecule has 1 saturated carbocycles. The second kappa shape index (κ2) is 6.59. The molecule has 3 atom stereocenters. The average molecular weight is 374 g/mol. The first-order chi connectivity index (χ1) is 13.6. The Bertz CT molecular complexity index is 959. The molecule has 0 bridgehead atoms. The minimum Gasteiger partial charge on any atom is -0.423 e. The fourth-order valence-corrected chi connectivity index (χ4v) is 5.67. The van der Waals surface area contributed by atoms with Crippen LogP contribution in [0.15, 0.2) is 54.1 Å². The highest BCUT2D eigenvalue weighted by atomic mass is 16.5. The number of ether oxygens (including phenoxy) is 1. The first-order valence-corrected chi connectivity index (χ1v) is 10.4. The van der Waals surface area contributed by atoms with E-state index in [1.54, 1.807) is 17.7 Å². The number of rotatable bonds is 2. The number of fused-ring (bicyclic) bond motifs is 4. The minimum absolute atomic E-state index is 0.0570. The van der Waals surface area contributed by atoms with E-state index in [0.717, 1.165) is 38.5 Å².